The van der Waals surface area contributed by atoms with E-state index in [-0.39, 0.29) is 17.6 Å². The van der Waals surface area contributed by atoms with E-state index >= 15 is 0 Å². The Kier molecular flexibility index (Phi) is 3.71. The Morgan fingerprint density at radius 3 is 2.68 bits per heavy atom. The number of nitrogens with zero attached hydrogens (tertiary/aromatic N) is 3. The minimum absolute atomic E-state index is 0.0997. The number of hydrogen-bond acceptors (Lipinski definition) is 4. The Hall–Kier alpha value is -2.48. The average molecular weight is 256 g/mol. The molecule has 0 radical (unpaired) electrons. The highest BCUT2D eigenvalue weighted by Crippen LogP contribution is 2.19. The number of nitriles is 1. The molecule has 2 rings (SSSR count). The Labute approximate surface area is 110 Å². The van der Waals surface area contributed by atoms with Gasteiger partial charge in [-0.3, -0.25) is 0 Å². The molecular weight excluding hydrogens is 243 g/mol. The summed E-state index contributed by atoms with van der Waals surface area (Å²) in [5.74, 6) is 0.324. The third-order valence-corrected chi connectivity index (χ3v) is 2.83. The lowest BCUT2D eigenvalue weighted by molar-refractivity contribution is 0.614. The lowest BCUT2D eigenvalue weighted by Gasteiger charge is -2.15. The molecule has 5 heteroatoms. The SMILES string of the molecule is Cc1ccc(C(C)Nc2cnc(C#N)cn2)cc1F. The highest BCUT2D eigenvalue weighted by atomic mass is 19.1. The molecule has 96 valence electrons. The van der Waals surface area contributed by atoms with Crippen LogP contribution in [-0.2, 0) is 0 Å². The average Bonchev–Trinajstić information content (AvgIpc) is 2.42. The van der Waals surface area contributed by atoms with Gasteiger partial charge in [-0.2, -0.15) is 5.26 Å². The topological polar surface area (TPSA) is 61.6 Å². The zero-order chi connectivity index (χ0) is 13.8. The smallest absolute Gasteiger partial charge is 0.158 e. The second kappa shape index (κ2) is 5.44. The minimum atomic E-state index is -0.225. The third kappa shape index (κ3) is 3.05. The van der Waals surface area contributed by atoms with E-state index in [0.717, 1.165) is 5.56 Å². The van der Waals surface area contributed by atoms with Crippen molar-refractivity contribution in [3.63, 3.8) is 0 Å². The number of hydrogen-bond donors (Lipinski definition) is 1. The van der Waals surface area contributed by atoms with Crippen LogP contribution in [0.25, 0.3) is 0 Å². The van der Waals surface area contributed by atoms with Gasteiger partial charge in [0.15, 0.2) is 5.69 Å². The molecule has 1 heterocycles. The van der Waals surface area contributed by atoms with Gasteiger partial charge in [0.05, 0.1) is 18.4 Å². The van der Waals surface area contributed by atoms with E-state index in [0.29, 0.717) is 11.4 Å². The van der Waals surface area contributed by atoms with Gasteiger partial charge in [-0.15, -0.1) is 0 Å². The molecule has 0 spiro atoms. The highest BCUT2D eigenvalue weighted by molar-refractivity contribution is 5.37. The molecule has 1 atom stereocenters. The van der Waals surface area contributed by atoms with Crippen molar-refractivity contribution in [1.29, 1.82) is 5.26 Å². The van der Waals surface area contributed by atoms with Gasteiger partial charge in [0.25, 0.3) is 0 Å². The quantitative estimate of drug-likeness (QED) is 0.917. The number of halogens is 1. The minimum Gasteiger partial charge on any atom is -0.362 e. The molecule has 1 unspecified atom stereocenters. The fraction of sp³-hybridized carbons (Fsp3) is 0.214. The van der Waals surface area contributed by atoms with Crippen LogP contribution in [0.4, 0.5) is 10.2 Å². The maximum atomic E-state index is 13.5. The molecule has 0 saturated carbocycles. The van der Waals surface area contributed by atoms with Crippen LogP contribution in [0.2, 0.25) is 0 Å². The molecule has 1 aromatic heterocycles. The summed E-state index contributed by atoms with van der Waals surface area (Å²) in [6, 6.07) is 6.92. The Morgan fingerprint density at radius 2 is 2.11 bits per heavy atom. The Morgan fingerprint density at radius 1 is 1.32 bits per heavy atom. The van der Waals surface area contributed by atoms with Crippen molar-refractivity contribution in [2.75, 3.05) is 5.32 Å². The molecule has 0 fully saturated rings. The summed E-state index contributed by atoms with van der Waals surface area (Å²) in [5, 5.41) is 11.7. The van der Waals surface area contributed by atoms with Gasteiger partial charge < -0.3 is 5.32 Å². The summed E-state index contributed by atoms with van der Waals surface area (Å²) < 4.78 is 13.5. The molecule has 0 bridgehead atoms. The first kappa shape index (κ1) is 13.0. The Bertz CT molecular complexity index is 616. The number of nitrogens with one attached hydrogen (secondary N) is 1. The lowest BCUT2D eigenvalue weighted by Crippen LogP contribution is -2.09. The van der Waals surface area contributed by atoms with E-state index in [9.17, 15) is 4.39 Å². The molecule has 1 aromatic carbocycles. The number of benzene rings is 1. The number of anilines is 1. The maximum Gasteiger partial charge on any atom is 0.158 e. The van der Waals surface area contributed by atoms with Gasteiger partial charge in [-0.05, 0) is 31.0 Å². The molecule has 4 nitrogen and oxygen atoms in total. The molecule has 0 aliphatic carbocycles. The van der Waals surface area contributed by atoms with Crippen molar-refractivity contribution in [3.05, 3.63) is 53.2 Å². The van der Waals surface area contributed by atoms with E-state index < -0.39 is 0 Å². The predicted molar refractivity (Wildman–Crippen MR) is 69.9 cm³/mol. The first-order valence-corrected chi connectivity index (χ1v) is 5.85. The summed E-state index contributed by atoms with van der Waals surface area (Å²) in [5.41, 5.74) is 1.71. The maximum absolute atomic E-state index is 13.5. The van der Waals surface area contributed by atoms with Gasteiger partial charge in [0, 0.05) is 0 Å². The van der Waals surface area contributed by atoms with E-state index in [1.807, 2.05) is 19.1 Å². The lowest BCUT2D eigenvalue weighted by atomic mass is 10.1. The zero-order valence-electron chi connectivity index (χ0n) is 10.7. The predicted octanol–water partition coefficient (Wildman–Crippen LogP) is 2.97. The van der Waals surface area contributed by atoms with E-state index in [1.54, 1.807) is 13.0 Å². The van der Waals surface area contributed by atoms with Crippen molar-refractivity contribution in [2.24, 2.45) is 0 Å². The molecule has 1 N–H and O–H groups in total. The van der Waals surface area contributed by atoms with E-state index in [2.05, 4.69) is 15.3 Å². The van der Waals surface area contributed by atoms with Crippen molar-refractivity contribution < 1.29 is 4.39 Å². The molecule has 0 aliphatic heterocycles. The van der Waals surface area contributed by atoms with Crippen molar-refractivity contribution >= 4 is 5.82 Å². The number of rotatable bonds is 3. The van der Waals surface area contributed by atoms with E-state index in [1.165, 1.54) is 18.5 Å². The normalized spacial score (nSPS) is 11.7. The fourth-order valence-corrected chi connectivity index (χ4v) is 1.64. The van der Waals surface area contributed by atoms with Crippen molar-refractivity contribution in [2.45, 2.75) is 19.9 Å². The van der Waals surface area contributed by atoms with Gasteiger partial charge >= 0.3 is 0 Å². The number of aromatic nitrogens is 2. The molecular formula is C14H13FN4. The molecule has 0 aliphatic rings. The first-order valence-electron chi connectivity index (χ1n) is 5.85. The van der Waals surface area contributed by atoms with Crippen LogP contribution >= 0.6 is 0 Å². The van der Waals surface area contributed by atoms with Gasteiger partial charge in [-0.1, -0.05) is 12.1 Å². The summed E-state index contributed by atoms with van der Waals surface area (Å²) in [7, 11) is 0. The third-order valence-electron chi connectivity index (χ3n) is 2.83. The summed E-state index contributed by atoms with van der Waals surface area (Å²) in [6.45, 7) is 3.63. The van der Waals surface area contributed by atoms with Gasteiger partial charge in [0.1, 0.15) is 17.7 Å². The summed E-state index contributed by atoms with van der Waals surface area (Å²) in [6.07, 6.45) is 2.88. The summed E-state index contributed by atoms with van der Waals surface area (Å²) in [4.78, 5) is 7.98. The second-order valence-electron chi connectivity index (χ2n) is 4.27. The molecule has 0 amide bonds. The first-order chi connectivity index (χ1) is 9.10. The second-order valence-corrected chi connectivity index (χ2v) is 4.27. The standard InChI is InChI=1S/C14H13FN4/c1-9-3-4-11(5-13(9)15)10(2)19-14-8-17-12(6-16)7-18-14/h3-5,7-8,10H,1-2H3,(H,18,19). The van der Waals surface area contributed by atoms with Crippen LogP contribution < -0.4 is 5.32 Å². The zero-order valence-corrected chi connectivity index (χ0v) is 10.7. The molecule has 0 saturated heterocycles. The largest absolute Gasteiger partial charge is 0.362 e. The molecule has 19 heavy (non-hydrogen) atoms. The van der Waals surface area contributed by atoms with E-state index in [4.69, 9.17) is 5.26 Å². The van der Waals surface area contributed by atoms with Crippen LogP contribution in [0.3, 0.4) is 0 Å². The Balaban J connectivity index is 2.13. The van der Waals surface area contributed by atoms with Crippen molar-refractivity contribution in [3.8, 4) is 6.07 Å². The van der Waals surface area contributed by atoms with Crippen molar-refractivity contribution in [1.82, 2.24) is 9.97 Å². The van der Waals surface area contributed by atoms with Crippen LogP contribution in [-0.4, -0.2) is 9.97 Å². The van der Waals surface area contributed by atoms with Crippen LogP contribution in [0.1, 0.15) is 29.8 Å². The van der Waals surface area contributed by atoms with Crippen LogP contribution in [0, 0.1) is 24.1 Å². The van der Waals surface area contributed by atoms with Gasteiger partial charge in [0.2, 0.25) is 0 Å². The fourth-order valence-electron chi connectivity index (χ4n) is 1.64. The highest BCUT2D eigenvalue weighted by Gasteiger charge is 2.08. The van der Waals surface area contributed by atoms with Crippen LogP contribution in [0.15, 0.2) is 30.6 Å². The van der Waals surface area contributed by atoms with Crippen LogP contribution in [0.5, 0.6) is 0 Å². The van der Waals surface area contributed by atoms with Gasteiger partial charge in [-0.25, -0.2) is 14.4 Å². The monoisotopic (exact) mass is 256 g/mol. The summed E-state index contributed by atoms with van der Waals surface area (Å²) >= 11 is 0. The molecule has 2 aromatic rings. The number of aryl methyl sites for hydroxylation is 1.